The molecule has 21 heavy (non-hydrogen) atoms. The first-order valence-corrected chi connectivity index (χ1v) is 6.36. The second kappa shape index (κ2) is 6.13. The van der Waals surface area contributed by atoms with E-state index in [9.17, 15) is 15.2 Å². The molecule has 0 spiro atoms. The minimum absolute atomic E-state index is 0.0317. The number of nitrogens with zero attached hydrogens (tertiary/aromatic N) is 1. The van der Waals surface area contributed by atoms with Gasteiger partial charge in [-0.3, -0.25) is 10.1 Å². The Morgan fingerprint density at radius 1 is 1.33 bits per heavy atom. The van der Waals surface area contributed by atoms with E-state index in [0.29, 0.717) is 18.0 Å². The molecule has 6 nitrogen and oxygen atoms in total. The van der Waals surface area contributed by atoms with Crippen LogP contribution in [0.5, 0.6) is 11.5 Å². The van der Waals surface area contributed by atoms with Crippen LogP contribution in [0.2, 0.25) is 0 Å². The quantitative estimate of drug-likeness (QED) is 0.651. The number of para-hydroxylation sites is 1. The summed E-state index contributed by atoms with van der Waals surface area (Å²) in [6.45, 7) is 2.22. The lowest BCUT2D eigenvalue weighted by atomic mass is 10.1. The van der Waals surface area contributed by atoms with Crippen LogP contribution in [0.15, 0.2) is 36.4 Å². The molecule has 0 saturated carbocycles. The highest BCUT2D eigenvalue weighted by Crippen LogP contribution is 2.30. The van der Waals surface area contributed by atoms with Gasteiger partial charge in [0.15, 0.2) is 0 Å². The second-order valence-corrected chi connectivity index (χ2v) is 4.58. The van der Waals surface area contributed by atoms with Crippen molar-refractivity contribution in [1.82, 2.24) is 0 Å². The van der Waals surface area contributed by atoms with Gasteiger partial charge in [-0.2, -0.15) is 0 Å². The van der Waals surface area contributed by atoms with Crippen LogP contribution in [0.4, 0.5) is 11.4 Å². The number of rotatable bonds is 5. The van der Waals surface area contributed by atoms with Crippen molar-refractivity contribution in [3.63, 3.8) is 0 Å². The Morgan fingerprint density at radius 2 is 2.10 bits per heavy atom. The van der Waals surface area contributed by atoms with Crippen molar-refractivity contribution in [2.75, 3.05) is 12.4 Å². The molecular formula is C15H16N2O4. The molecule has 2 rings (SSSR count). The molecule has 0 amide bonds. The molecule has 2 N–H and O–H groups in total. The molecule has 0 atom stereocenters. The van der Waals surface area contributed by atoms with Crippen LogP contribution in [0.25, 0.3) is 0 Å². The van der Waals surface area contributed by atoms with E-state index in [2.05, 4.69) is 5.32 Å². The summed E-state index contributed by atoms with van der Waals surface area (Å²) in [4.78, 5) is 10.3. The number of anilines is 1. The summed E-state index contributed by atoms with van der Waals surface area (Å²) in [5, 5.41) is 23.8. The number of nitro benzene ring substituents is 1. The molecule has 0 heterocycles. The zero-order valence-electron chi connectivity index (χ0n) is 11.8. The first-order valence-electron chi connectivity index (χ1n) is 6.36. The number of phenolic OH excluding ortho intramolecular Hbond substituents is 1. The minimum Gasteiger partial charge on any atom is -0.507 e. The maximum atomic E-state index is 10.7. The normalized spacial score (nSPS) is 10.2. The van der Waals surface area contributed by atoms with Gasteiger partial charge >= 0.3 is 0 Å². The molecule has 6 heteroatoms. The Kier molecular flexibility index (Phi) is 4.27. The van der Waals surface area contributed by atoms with Crippen LogP contribution in [-0.2, 0) is 6.54 Å². The van der Waals surface area contributed by atoms with E-state index in [-0.39, 0.29) is 11.4 Å². The van der Waals surface area contributed by atoms with Gasteiger partial charge in [0, 0.05) is 18.2 Å². The smallest absolute Gasteiger partial charge is 0.273 e. The Labute approximate surface area is 122 Å². The van der Waals surface area contributed by atoms with Crippen molar-refractivity contribution in [3.8, 4) is 11.5 Å². The van der Waals surface area contributed by atoms with Crippen molar-refractivity contribution < 1.29 is 14.8 Å². The number of aromatic hydroxyl groups is 1. The summed E-state index contributed by atoms with van der Waals surface area (Å²) in [5.41, 5.74) is 2.14. The molecule has 0 bridgehead atoms. The molecule has 0 fully saturated rings. The fourth-order valence-corrected chi connectivity index (χ4v) is 1.99. The number of hydrogen-bond donors (Lipinski definition) is 2. The Morgan fingerprint density at radius 3 is 2.76 bits per heavy atom. The maximum Gasteiger partial charge on any atom is 0.273 e. The largest absolute Gasteiger partial charge is 0.507 e. The zero-order valence-corrected chi connectivity index (χ0v) is 11.8. The van der Waals surface area contributed by atoms with Crippen LogP contribution in [0, 0.1) is 17.0 Å². The van der Waals surface area contributed by atoms with E-state index >= 15 is 0 Å². The van der Waals surface area contributed by atoms with Crippen LogP contribution in [0.1, 0.15) is 11.1 Å². The van der Waals surface area contributed by atoms with Crippen LogP contribution < -0.4 is 10.1 Å². The number of non-ortho nitro benzene ring substituents is 1. The van der Waals surface area contributed by atoms with Crippen molar-refractivity contribution >= 4 is 11.4 Å². The molecule has 0 aromatic heterocycles. The summed E-state index contributed by atoms with van der Waals surface area (Å²) in [6.07, 6.45) is 0. The third-order valence-electron chi connectivity index (χ3n) is 3.19. The van der Waals surface area contributed by atoms with E-state index in [4.69, 9.17) is 4.74 Å². The number of nitro groups is 1. The molecule has 2 aromatic carbocycles. The molecule has 0 aliphatic rings. The van der Waals surface area contributed by atoms with Gasteiger partial charge in [0.25, 0.3) is 5.69 Å². The molecule has 0 saturated heterocycles. The fourth-order valence-electron chi connectivity index (χ4n) is 1.99. The number of methoxy groups -OCH3 is 1. The molecule has 110 valence electrons. The summed E-state index contributed by atoms with van der Waals surface area (Å²) >= 11 is 0. The topological polar surface area (TPSA) is 84.6 Å². The van der Waals surface area contributed by atoms with Gasteiger partial charge in [0.2, 0.25) is 0 Å². The van der Waals surface area contributed by atoms with Gasteiger partial charge in [-0.05, 0) is 18.6 Å². The highest BCUT2D eigenvalue weighted by molar-refractivity contribution is 5.61. The summed E-state index contributed by atoms with van der Waals surface area (Å²) < 4.78 is 5.15. The average Bonchev–Trinajstić information content (AvgIpc) is 2.48. The Balaban J connectivity index is 2.20. The van der Waals surface area contributed by atoms with Crippen molar-refractivity contribution in [3.05, 3.63) is 57.6 Å². The SMILES string of the molecule is COc1cc([N+](=O)[O-])ccc1NCc1cccc(C)c1O. The molecule has 2 aromatic rings. The van der Waals surface area contributed by atoms with E-state index < -0.39 is 4.92 Å². The van der Waals surface area contributed by atoms with E-state index in [1.165, 1.54) is 19.2 Å². The van der Waals surface area contributed by atoms with E-state index in [0.717, 1.165) is 11.1 Å². The van der Waals surface area contributed by atoms with E-state index in [1.807, 2.05) is 25.1 Å². The van der Waals surface area contributed by atoms with Crippen LogP contribution >= 0.6 is 0 Å². The highest BCUT2D eigenvalue weighted by Gasteiger charge is 2.12. The molecule has 0 aliphatic carbocycles. The monoisotopic (exact) mass is 288 g/mol. The van der Waals surface area contributed by atoms with Gasteiger partial charge in [0.1, 0.15) is 11.5 Å². The van der Waals surface area contributed by atoms with Crippen molar-refractivity contribution in [1.29, 1.82) is 0 Å². The Bertz CT molecular complexity index is 671. The predicted molar refractivity (Wildman–Crippen MR) is 79.8 cm³/mol. The molecule has 0 unspecified atom stereocenters. The van der Waals surface area contributed by atoms with Crippen LogP contribution in [0.3, 0.4) is 0 Å². The predicted octanol–water partition coefficient (Wildman–Crippen LogP) is 3.23. The third kappa shape index (κ3) is 3.22. The number of benzene rings is 2. The molecule has 0 radical (unpaired) electrons. The standard InChI is InChI=1S/C15H16N2O4/c1-10-4-3-5-11(15(10)18)9-16-13-7-6-12(17(19)20)8-14(13)21-2/h3-8,16,18H,9H2,1-2H3. The average molecular weight is 288 g/mol. The van der Waals surface area contributed by atoms with Crippen molar-refractivity contribution in [2.45, 2.75) is 13.5 Å². The van der Waals surface area contributed by atoms with Crippen LogP contribution in [-0.4, -0.2) is 17.1 Å². The first-order chi connectivity index (χ1) is 10.0. The number of ether oxygens (including phenoxy) is 1. The summed E-state index contributed by atoms with van der Waals surface area (Å²) in [5.74, 6) is 0.627. The van der Waals surface area contributed by atoms with Gasteiger partial charge in [-0.25, -0.2) is 0 Å². The minimum atomic E-state index is -0.474. The Hall–Kier alpha value is -2.76. The lowest BCUT2D eigenvalue weighted by Gasteiger charge is -2.12. The van der Waals surface area contributed by atoms with Crippen molar-refractivity contribution in [2.24, 2.45) is 0 Å². The highest BCUT2D eigenvalue weighted by atomic mass is 16.6. The van der Waals surface area contributed by atoms with E-state index in [1.54, 1.807) is 6.07 Å². The number of nitrogens with one attached hydrogen (secondary N) is 1. The maximum absolute atomic E-state index is 10.7. The fraction of sp³-hybridized carbons (Fsp3) is 0.200. The second-order valence-electron chi connectivity index (χ2n) is 4.58. The molecular weight excluding hydrogens is 272 g/mol. The first kappa shape index (κ1) is 14.6. The van der Waals surface area contributed by atoms with Gasteiger partial charge in [-0.15, -0.1) is 0 Å². The van der Waals surface area contributed by atoms with Gasteiger partial charge in [-0.1, -0.05) is 18.2 Å². The van der Waals surface area contributed by atoms with Gasteiger partial charge in [0.05, 0.1) is 23.8 Å². The van der Waals surface area contributed by atoms with Gasteiger partial charge < -0.3 is 15.2 Å². The number of hydrogen-bond acceptors (Lipinski definition) is 5. The summed E-state index contributed by atoms with van der Waals surface area (Å²) in [6, 6.07) is 9.85. The number of aryl methyl sites for hydroxylation is 1. The lowest BCUT2D eigenvalue weighted by molar-refractivity contribution is -0.384. The lowest BCUT2D eigenvalue weighted by Crippen LogP contribution is -2.02. The zero-order chi connectivity index (χ0) is 15.4. The number of phenols is 1. The molecule has 0 aliphatic heterocycles. The summed E-state index contributed by atoms with van der Waals surface area (Å²) in [7, 11) is 1.45. The third-order valence-corrected chi connectivity index (χ3v) is 3.19.